The number of carbonyl (C=O) groups is 1. The van der Waals surface area contributed by atoms with Gasteiger partial charge in [-0.15, -0.1) is 0 Å². The van der Waals surface area contributed by atoms with Crippen LogP contribution in [0.2, 0.25) is 0 Å². The molecule has 1 aliphatic rings. The number of nitrogen functional groups attached to an aromatic ring is 1. The molecule has 2 N–H and O–H groups in total. The van der Waals surface area contributed by atoms with Gasteiger partial charge in [-0.25, -0.2) is 0 Å². The first-order chi connectivity index (χ1) is 13.2. The van der Waals surface area contributed by atoms with Gasteiger partial charge in [0.1, 0.15) is 0 Å². The first-order valence-electron chi connectivity index (χ1n) is 9.74. The molecule has 0 saturated heterocycles. The van der Waals surface area contributed by atoms with Crippen molar-refractivity contribution in [2.75, 3.05) is 30.4 Å². The third-order valence-electron chi connectivity index (χ3n) is 4.65. The van der Waals surface area contributed by atoms with Gasteiger partial charge in [0.2, 0.25) is 0 Å². The summed E-state index contributed by atoms with van der Waals surface area (Å²) in [4.78, 5) is 15.0. The second-order valence-electron chi connectivity index (χ2n) is 6.76. The molecular weight excluding hydrogens is 340 g/mol. The number of anilines is 2. The Hall–Kier alpha value is -2.69. The molecule has 1 aliphatic heterocycles. The van der Waals surface area contributed by atoms with Gasteiger partial charge in [-0.1, -0.05) is 19.9 Å². The topological polar surface area (TPSA) is 64.8 Å². The van der Waals surface area contributed by atoms with Crippen molar-refractivity contribution in [1.82, 2.24) is 0 Å². The lowest BCUT2D eigenvalue weighted by Crippen LogP contribution is -2.35. The van der Waals surface area contributed by atoms with Gasteiger partial charge >= 0.3 is 0 Å². The number of amides is 1. The lowest BCUT2D eigenvalue weighted by atomic mass is 9.99. The van der Waals surface area contributed by atoms with Crippen LogP contribution in [0.1, 0.15) is 49.0 Å². The van der Waals surface area contributed by atoms with E-state index in [1.807, 2.05) is 35.2 Å². The predicted octanol–water partition coefficient (Wildman–Crippen LogP) is 4.44. The molecule has 1 heterocycles. The maximum absolute atomic E-state index is 13.2. The Morgan fingerprint density at radius 3 is 2.56 bits per heavy atom. The van der Waals surface area contributed by atoms with Gasteiger partial charge in [0.25, 0.3) is 5.91 Å². The van der Waals surface area contributed by atoms with Crippen molar-refractivity contribution >= 4 is 17.3 Å². The molecule has 5 heteroatoms. The van der Waals surface area contributed by atoms with E-state index in [1.54, 1.807) is 6.07 Å². The number of rotatable bonds is 7. The van der Waals surface area contributed by atoms with Gasteiger partial charge < -0.3 is 20.1 Å². The van der Waals surface area contributed by atoms with Crippen LogP contribution in [0, 0.1) is 0 Å². The lowest BCUT2D eigenvalue weighted by molar-refractivity contribution is 0.0984. The van der Waals surface area contributed by atoms with E-state index in [0.29, 0.717) is 36.8 Å². The summed E-state index contributed by atoms with van der Waals surface area (Å²) in [5.41, 5.74) is 9.43. The number of ether oxygens (including phenoxy) is 2. The molecular formula is C22H28N2O3. The van der Waals surface area contributed by atoms with Crippen LogP contribution in [0.4, 0.5) is 11.4 Å². The summed E-state index contributed by atoms with van der Waals surface area (Å²) < 4.78 is 11.6. The van der Waals surface area contributed by atoms with E-state index < -0.39 is 0 Å². The molecule has 0 unspecified atom stereocenters. The zero-order valence-corrected chi connectivity index (χ0v) is 16.2. The third kappa shape index (κ3) is 4.18. The second-order valence-corrected chi connectivity index (χ2v) is 6.76. The minimum absolute atomic E-state index is 0.0371. The maximum Gasteiger partial charge on any atom is 0.258 e. The van der Waals surface area contributed by atoms with Gasteiger partial charge in [-0.2, -0.15) is 0 Å². The number of benzene rings is 2. The Balaban J connectivity index is 1.90. The Morgan fingerprint density at radius 1 is 1.07 bits per heavy atom. The van der Waals surface area contributed by atoms with Crippen LogP contribution < -0.4 is 20.1 Å². The van der Waals surface area contributed by atoms with Gasteiger partial charge in [0.15, 0.2) is 11.5 Å². The largest absolute Gasteiger partial charge is 0.490 e. The van der Waals surface area contributed by atoms with E-state index in [4.69, 9.17) is 15.2 Å². The summed E-state index contributed by atoms with van der Waals surface area (Å²) in [5.74, 6) is 1.27. The van der Waals surface area contributed by atoms with Crippen LogP contribution in [0.3, 0.4) is 0 Å². The van der Waals surface area contributed by atoms with Crippen LogP contribution >= 0.6 is 0 Å². The van der Waals surface area contributed by atoms with Crippen molar-refractivity contribution < 1.29 is 14.3 Å². The number of carbonyl (C=O) groups excluding carboxylic acids is 1. The molecule has 0 saturated carbocycles. The lowest BCUT2D eigenvalue weighted by Gasteiger charge is -2.30. The quantitative estimate of drug-likeness (QED) is 0.734. The molecule has 0 aromatic heterocycles. The summed E-state index contributed by atoms with van der Waals surface area (Å²) in [6.07, 6.45) is 3.62. The molecule has 1 amide bonds. The van der Waals surface area contributed by atoms with Crippen LogP contribution in [-0.2, 0) is 6.42 Å². The third-order valence-corrected chi connectivity index (χ3v) is 4.65. The van der Waals surface area contributed by atoms with Crippen molar-refractivity contribution in [3.05, 3.63) is 47.5 Å². The Bertz CT molecular complexity index is 804. The van der Waals surface area contributed by atoms with Crippen LogP contribution in [-0.4, -0.2) is 25.7 Å². The van der Waals surface area contributed by atoms with E-state index in [0.717, 1.165) is 42.6 Å². The standard InChI is InChI=1S/C22H28N2O3/c1-3-13-26-20-11-10-16(15-21(20)27-14-4-2)22(25)24-12-6-7-17-18(23)8-5-9-19(17)24/h5,8-11,15H,3-4,6-7,12-14,23H2,1-2H3. The summed E-state index contributed by atoms with van der Waals surface area (Å²) >= 11 is 0. The monoisotopic (exact) mass is 368 g/mol. The fraction of sp³-hybridized carbons (Fsp3) is 0.409. The Labute approximate surface area is 161 Å². The Morgan fingerprint density at radius 2 is 1.81 bits per heavy atom. The number of hydrogen-bond acceptors (Lipinski definition) is 4. The molecule has 2 aromatic carbocycles. The van der Waals surface area contributed by atoms with Crippen molar-refractivity contribution in [3.63, 3.8) is 0 Å². The van der Waals surface area contributed by atoms with E-state index >= 15 is 0 Å². The maximum atomic E-state index is 13.2. The zero-order chi connectivity index (χ0) is 19.2. The molecule has 2 aromatic rings. The van der Waals surface area contributed by atoms with E-state index in [1.165, 1.54) is 0 Å². The summed E-state index contributed by atoms with van der Waals surface area (Å²) in [5, 5.41) is 0. The Kier molecular flexibility index (Phi) is 6.22. The average molecular weight is 368 g/mol. The summed E-state index contributed by atoms with van der Waals surface area (Å²) in [6, 6.07) is 11.2. The van der Waals surface area contributed by atoms with Crippen LogP contribution in [0.15, 0.2) is 36.4 Å². The smallest absolute Gasteiger partial charge is 0.258 e. The first-order valence-corrected chi connectivity index (χ1v) is 9.74. The van der Waals surface area contributed by atoms with E-state index in [2.05, 4.69) is 13.8 Å². The highest BCUT2D eigenvalue weighted by atomic mass is 16.5. The summed E-state index contributed by atoms with van der Waals surface area (Å²) in [6.45, 7) is 6.01. The fourth-order valence-corrected chi connectivity index (χ4v) is 3.32. The molecule has 0 spiro atoms. The molecule has 5 nitrogen and oxygen atoms in total. The molecule has 0 radical (unpaired) electrons. The van der Waals surface area contributed by atoms with Crippen molar-refractivity contribution in [1.29, 1.82) is 0 Å². The minimum Gasteiger partial charge on any atom is -0.490 e. The number of nitrogens with zero attached hydrogens (tertiary/aromatic N) is 1. The van der Waals surface area contributed by atoms with Crippen molar-refractivity contribution in [2.45, 2.75) is 39.5 Å². The highest BCUT2D eigenvalue weighted by Crippen LogP contribution is 2.34. The van der Waals surface area contributed by atoms with Crippen molar-refractivity contribution in [3.8, 4) is 11.5 Å². The van der Waals surface area contributed by atoms with Crippen molar-refractivity contribution in [2.24, 2.45) is 0 Å². The SMILES string of the molecule is CCCOc1ccc(C(=O)N2CCCc3c(N)cccc32)cc1OCCC. The molecule has 0 atom stereocenters. The van der Waals surface area contributed by atoms with E-state index in [-0.39, 0.29) is 5.91 Å². The normalized spacial score (nSPS) is 13.2. The number of nitrogens with two attached hydrogens (primary N) is 1. The molecule has 0 fully saturated rings. The second kappa shape index (κ2) is 8.80. The molecule has 27 heavy (non-hydrogen) atoms. The van der Waals surface area contributed by atoms with E-state index in [9.17, 15) is 4.79 Å². The van der Waals surface area contributed by atoms with Gasteiger partial charge in [-0.3, -0.25) is 4.79 Å². The molecule has 0 aliphatic carbocycles. The first kappa shape index (κ1) is 19.1. The van der Waals surface area contributed by atoms with Gasteiger partial charge in [-0.05, 0) is 61.6 Å². The molecule has 0 bridgehead atoms. The van der Waals surface area contributed by atoms with Crippen LogP contribution in [0.25, 0.3) is 0 Å². The minimum atomic E-state index is -0.0371. The van der Waals surface area contributed by atoms with Gasteiger partial charge in [0.05, 0.1) is 13.2 Å². The summed E-state index contributed by atoms with van der Waals surface area (Å²) in [7, 11) is 0. The molecule has 3 rings (SSSR count). The molecule has 144 valence electrons. The van der Waals surface area contributed by atoms with Gasteiger partial charge in [0, 0.05) is 23.5 Å². The average Bonchev–Trinajstić information content (AvgIpc) is 2.70. The highest BCUT2D eigenvalue weighted by Gasteiger charge is 2.25. The highest BCUT2D eigenvalue weighted by molar-refractivity contribution is 6.07. The predicted molar refractivity (Wildman–Crippen MR) is 109 cm³/mol. The fourth-order valence-electron chi connectivity index (χ4n) is 3.32. The zero-order valence-electron chi connectivity index (χ0n) is 16.2. The van der Waals surface area contributed by atoms with Crippen LogP contribution in [0.5, 0.6) is 11.5 Å². The number of hydrogen-bond donors (Lipinski definition) is 1. The number of fused-ring (bicyclic) bond motifs is 1.